The fourth-order valence-corrected chi connectivity index (χ4v) is 4.96. The number of H-pyrrole nitrogens is 1. The molecule has 190 valence electrons. The number of nitrogens with one attached hydrogen (secondary N) is 3. The van der Waals surface area contributed by atoms with E-state index in [-0.39, 0.29) is 11.9 Å². The van der Waals surface area contributed by atoms with Gasteiger partial charge in [0.2, 0.25) is 0 Å². The predicted octanol–water partition coefficient (Wildman–Crippen LogP) is 4.45. The first-order chi connectivity index (χ1) is 18.1. The van der Waals surface area contributed by atoms with Crippen molar-refractivity contribution in [2.75, 3.05) is 25.0 Å². The topological polar surface area (TPSA) is 116 Å². The minimum atomic E-state index is -0.165. The number of thiophene rings is 1. The molecule has 0 radical (unpaired) electrons. The highest BCUT2D eigenvalue weighted by atomic mass is 32.1. The minimum Gasteiger partial charge on any atom is -0.350 e. The number of rotatable bonds is 10. The van der Waals surface area contributed by atoms with E-state index >= 15 is 0 Å². The third-order valence-electron chi connectivity index (χ3n) is 6.27. The number of carbonyl (C=O) groups is 1. The van der Waals surface area contributed by atoms with Crippen molar-refractivity contribution in [3.63, 3.8) is 0 Å². The zero-order valence-corrected chi connectivity index (χ0v) is 21.8. The van der Waals surface area contributed by atoms with Gasteiger partial charge < -0.3 is 10.6 Å². The molecule has 0 saturated heterocycles. The van der Waals surface area contributed by atoms with E-state index < -0.39 is 0 Å². The zero-order chi connectivity index (χ0) is 25.8. The van der Waals surface area contributed by atoms with Crippen LogP contribution in [0.4, 0.5) is 11.5 Å². The van der Waals surface area contributed by atoms with Gasteiger partial charge in [-0.1, -0.05) is 19.9 Å². The van der Waals surface area contributed by atoms with Crippen LogP contribution < -0.4 is 10.6 Å². The second kappa shape index (κ2) is 10.9. The van der Waals surface area contributed by atoms with Crippen molar-refractivity contribution < 1.29 is 4.79 Å². The summed E-state index contributed by atoms with van der Waals surface area (Å²) in [7, 11) is 0. The van der Waals surface area contributed by atoms with Gasteiger partial charge in [0.25, 0.3) is 5.91 Å². The van der Waals surface area contributed by atoms with Crippen LogP contribution in [0.15, 0.2) is 60.5 Å². The van der Waals surface area contributed by atoms with E-state index in [1.165, 1.54) is 0 Å². The molecular weight excluding hydrogens is 486 g/mol. The molecule has 1 atom stereocenters. The number of hydrogen-bond acceptors (Lipinski definition) is 8. The molecule has 3 N–H and O–H groups in total. The molecule has 0 spiro atoms. The monoisotopic (exact) mass is 515 g/mol. The average molecular weight is 516 g/mol. The molecule has 0 aliphatic heterocycles. The Labute approximate surface area is 218 Å². The molecule has 1 amide bonds. The van der Waals surface area contributed by atoms with Gasteiger partial charge in [0.15, 0.2) is 5.65 Å². The number of anilines is 2. The maximum Gasteiger partial charge on any atom is 0.251 e. The van der Waals surface area contributed by atoms with Crippen molar-refractivity contribution in [3.8, 4) is 21.8 Å². The van der Waals surface area contributed by atoms with Crippen molar-refractivity contribution >= 4 is 34.4 Å². The Morgan fingerprint density at radius 3 is 2.76 bits per heavy atom. The summed E-state index contributed by atoms with van der Waals surface area (Å²) in [5.41, 5.74) is 4.10. The van der Waals surface area contributed by atoms with Gasteiger partial charge in [-0.2, -0.15) is 10.2 Å². The molecule has 1 unspecified atom stereocenters. The number of aromatic amines is 1. The maximum atomic E-state index is 13.3. The highest BCUT2D eigenvalue weighted by molar-refractivity contribution is 7.13. The molecule has 0 fully saturated rings. The molecule has 5 aromatic heterocycles. The van der Waals surface area contributed by atoms with E-state index in [4.69, 9.17) is 9.97 Å². The average Bonchev–Trinajstić information content (AvgIpc) is 3.69. The van der Waals surface area contributed by atoms with Crippen molar-refractivity contribution in [1.29, 1.82) is 0 Å². The van der Waals surface area contributed by atoms with Crippen molar-refractivity contribution in [2.24, 2.45) is 0 Å². The molecule has 0 bridgehead atoms. The summed E-state index contributed by atoms with van der Waals surface area (Å²) in [6.45, 7) is 8.78. The normalized spacial score (nSPS) is 12.2. The first-order valence-corrected chi connectivity index (χ1v) is 13.1. The largest absolute Gasteiger partial charge is 0.350 e. The van der Waals surface area contributed by atoms with Crippen LogP contribution in [0, 0.1) is 0 Å². The van der Waals surface area contributed by atoms with E-state index in [2.05, 4.69) is 51.6 Å². The Hall–Kier alpha value is -4.09. The quantitative estimate of drug-likeness (QED) is 0.252. The van der Waals surface area contributed by atoms with Crippen molar-refractivity contribution in [3.05, 3.63) is 66.1 Å². The Kier molecular flexibility index (Phi) is 7.24. The van der Waals surface area contributed by atoms with Gasteiger partial charge in [-0.25, -0.2) is 14.5 Å². The Morgan fingerprint density at radius 1 is 1.16 bits per heavy atom. The van der Waals surface area contributed by atoms with E-state index in [1.54, 1.807) is 46.6 Å². The summed E-state index contributed by atoms with van der Waals surface area (Å²) >= 11 is 1.63. The second-order valence-electron chi connectivity index (χ2n) is 8.64. The van der Waals surface area contributed by atoms with E-state index in [0.717, 1.165) is 34.9 Å². The van der Waals surface area contributed by atoms with E-state index in [1.807, 2.05) is 29.8 Å². The summed E-state index contributed by atoms with van der Waals surface area (Å²) < 4.78 is 1.72. The van der Waals surface area contributed by atoms with Crippen LogP contribution >= 0.6 is 11.3 Å². The fourth-order valence-electron chi connectivity index (χ4n) is 4.26. The van der Waals surface area contributed by atoms with Crippen LogP contribution in [-0.4, -0.2) is 66.3 Å². The number of carbonyl (C=O) groups excluding carboxylic acids is 1. The van der Waals surface area contributed by atoms with Gasteiger partial charge in [0, 0.05) is 30.5 Å². The smallest absolute Gasteiger partial charge is 0.251 e. The number of nitrogens with zero attached hydrogens (tertiary/aromatic N) is 6. The highest BCUT2D eigenvalue weighted by Gasteiger charge is 2.18. The van der Waals surface area contributed by atoms with E-state index in [9.17, 15) is 4.79 Å². The summed E-state index contributed by atoms with van der Waals surface area (Å²) in [6, 6.07) is 9.73. The first-order valence-electron chi connectivity index (χ1n) is 12.2. The third-order valence-corrected chi connectivity index (χ3v) is 7.16. The van der Waals surface area contributed by atoms with Gasteiger partial charge in [0.05, 0.1) is 39.9 Å². The molecule has 0 aliphatic carbocycles. The van der Waals surface area contributed by atoms with Crippen molar-refractivity contribution in [1.82, 2.24) is 40.0 Å². The molecule has 10 nitrogen and oxygen atoms in total. The number of pyridine rings is 1. The molecule has 5 heterocycles. The second-order valence-corrected chi connectivity index (χ2v) is 9.58. The van der Waals surface area contributed by atoms with Gasteiger partial charge in [-0.05, 0) is 49.7 Å². The fraction of sp³-hybridized carbons (Fsp3) is 0.269. The molecule has 37 heavy (non-hydrogen) atoms. The number of likely N-dealkylation sites (N-methyl/N-ethyl adjacent to an activating group) is 1. The lowest BCUT2D eigenvalue weighted by atomic mass is 10.1. The first kappa shape index (κ1) is 24.6. The summed E-state index contributed by atoms with van der Waals surface area (Å²) in [6.07, 6.45) is 7.00. The zero-order valence-electron chi connectivity index (χ0n) is 21.0. The molecule has 0 aliphatic rings. The van der Waals surface area contributed by atoms with Crippen LogP contribution in [0.5, 0.6) is 0 Å². The number of aromatic nitrogens is 6. The Balaban J connectivity index is 1.50. The SMILES string of the molecule is CCN(CC)C(C)CNC(=O)c1cc(Nc2cn[nH]c2)nc(-c2cnn3ccc(-c4cccs4)nc23)c1. The summed E-state index contributed by atoms with van der Waals surface area (Å²) in [5, 5.41) is 19.6. The van der Waals surface area contributed by atoms with Gasteiger partial charge in [-0.3, -0.25) is 14.8 Å². The standard InChI is InChI=1S/C26H29N9OS/c1-4-34(5-2)17(3)13-27-26(36)18-11-22(32-24(12-18)31-19-14-28-29-15-19)20-16-30-35-9-8-21(33-25(20)35)23-7-6-10-37-23/h6-12,14-17H,4-5,13H2,1-3H3,(H,27,36)(H,28,29)(H,31,32). The van der Waals surface area contributed by atoms with E-state index in [0.29, 0.717) is 29.3 Å². The molecule has 0 saturated carbocycles. The highest BCUT2D eigenvalue weighted by Crippen LogP contribution is 2.29. The lowest BCUT2D eigenvalue weighted by molar-refractivity contribution is 0.0938. The number of fused-ring (bicyclic) bond motifs is 1. The van der Waals surface area contributed by atoms with Crippen LogP contribution in [0.3, 0.4) is 0 Å². The summed E-state index contributed by atoms with van der Waals surface area (Å²) in [4.78, 5) is 26.3. The summed E-state index contributed by atoms with van der Waals surface area (Å²) in [5.74, 6) is 0.358. The predicted molar refractivity (Wildman–Crippen MR) is 146 cm³/mol. The van der Waals surface area contributed by atoms with Crippen LogP contribution in [0.25, 0.3) is 27.5 Å². The molecule has 11 heteroatoms. The van der Waals surface area contributed by atoms with Crippen molar-refractivity contribution in [2.45, 2.75) is 26.8 Å². The molecular formula is C26H29N9OS. The molecule has 5 aromatic rings. The number of hydrogen-bond donors (Lipinski definition) is 3. The van der Waals surface area contributed by atoms with Gasteiger partial charge in [0.1, 0.15) is 5.82 Å². The van der Waals surface area contributed by atoms with Crippen LogP contribution in [0.2, 0.25) is 0 Å². The van der Waals surface area contributed by atoms with Gasteiger partial charge in [-0.15, -0.1) is 11.3 Å². The number of amides is 1. The van der Waals surface area contributed by atoms with Gasteiger partial charge >= 0.3 is 0 Å². The lowest BCUT2D eigenvalue weighted by Crippen LogP contribution is -2.42. The minimum absolute atomic E-state index is 0.165. The van der Waals surface area contributed by atoms with Crippen LogP contribution in [-0.2, 0) is 0 Å². The van der Waals surface area contributed by atoms with Crippen LogP contribution in [0.1, 0.15) is 31.1 Å². The Bertz CT molecular complexity index is 1470. The third kappa shape index (κ3) is 5.37. The molecule has 5 rings (SSSR count). The lowest BCUT2D eigenvalue weighted by Gasteiger charge is -2.26. The Morgan fingerprint density at radius 2 is 2.03 bits per heavy atom. The maximum absolute atomic E-state index is 13.3. The molecule has 0 aromatic carbocycles.